The SMILES string of the molecule is COC(=O)n1cc2c(c1C)C(=O)c1c(cc(-c3ccccc3)cc1N(C)C)C2=O. The molecular weight excluding hydrogens is 368 g/mol. The molecule has 3 aromatic rings. The molecule has 1 aliphatic carbocycles. The third kappa shape index (κ3) is 2.76. The molecule has 6 heteroatoms. The maximum atomic E-state index is 13.4. The largest absolute Gasteiger partial charge is 0.452 e. The zero-order valence-electron chi connectivity index (χ0n) is 16.6. The lowest BCUT2D eigenvalue weighted by Crippen LogP contribution is -2.24. The monoisotopic (exact) mass is 388 g/mol. The molecule has 6 nitrogen and oxygen atoms in total. The summed E-state index contributed by atoms with van der Waals surface area (Å²) >= 11 is 0. The quantitative estimate of drug-likeness (QED) is 0.521. The predicted molar refractivity (Wildman–Crippen MR) is 110 cm³/mol. The molecule has 0 amide bonds. The zero-order chi connectivity index (χ0) is 20.9. The molecule has 1 aliphatic rings. The molecule has 2 aromatic carbocycles. The topological polar surface area (TPSA) is 68.6 Å². The lowest BCUT2D eigenvalue weighted by Gasteiger charge is -2.24. The van der Waals surface area contributed by atoms with Crippen molar-refractivity contribution in [3.63, 3.8) is 0 Å². The number of nitrogens with zero attached hydrogens (tertiary/aromatic N) is 2. The van der Waals surface area contributed by atoms with Crippen LogP contribution in [-0.4, -0.2) is 43.4 Å². The molecule has 0 atom stereocenters. The Morgan fingerprint density at radius 1 is 0.931 bits per heavy atom. The van der Waals surface area contributed by atoms with E-state index in [-0.39, 0.29) is 22.7 Å². The molecule has 0 saturated carbocycles. The summed E-state index contributed by atoms with van der Waals surface area (Å²) in [5, 5.41) is 0. The van der Waals surface area contributed by atoms with Gasteiger partial charge in [-0.15, -0.1) is 0 Å². The number of ketones is 2. The van der Waals surface area contributed by atoms with Crippen molar-refractivity contribution in [2.75, 3.05) is 26.1 Å². The van der Waals surface area contributed by atoms with Crippen LogP contribution in [0.2, 0.25) is 0 Å². The maximum Gasteiger partial charge on any atom is 0.417 e. The summed E-state index contributed by atoms with van der Waals surface area (Å²) in [5.74, 6) is -0.542. The van der Waals surface area contributed by atoms with Crippen LogP contribution in [0.5, 0.6) is 0 Å². The molecule has 0 N–H and O–H groups in total. The number of carbonyl (C=O) groups is 3. The van der Waals surface area contributed by atoms with E-state index >= 15 is 0 Å². The van der Waals surface area contributed by atoms with Crippen LogP contribution in [-0.2, 0) is 4.74 Å². The fourth-order valence-electron chi connectivity index (χ4n) is 3.82. The lowest BCUT2D eigenvalue weighted by molar-refractivity contribution is 0.0980. The molecule has 1 heterocycles. The van der Waals surface area contributed by atoms with Gasteiger partial charge in [0.15, 0.2) is 11.6 Å². The Morgan fingerprint density at radius 3 is 2.24 bits per heavy atom. The number of benzene rings is 2. The molecule has 4 rings (SSSR count). The Bertz CT molecular complexity index is 1170. The van der Waals surface area contributed by atoms with Crippen LogP contribution in [0.3, 0.4) is 0 Å². The Kier molecular flexibility index (Phi) is 4.34. The van der Waals surface area contributed by atoms with Crippen molar-refractivity contribution in [3.05, 3.63) is 76.6 Å². The van der Waals surface area contributed by atoms with Gasteiger partial charge in [0.05, 0.1) is 23.8 Å². The van der Waals surface area contributed by atoms with E-state index in [1.54, 1.807) is 13.0 Å². The minimum Gasteiger partial charge on any atom is -0.452 e. The fraction of sp³-hybridized carbons (Fsp3) is 0.174. The summed E-state index contributed by atoms with van der Waals surface area (Å²) in [6, 6.07) is 13.4. The molecule has 0 unspecified atom stereocenters. The van der Waals surface area contributed by atoms with E-state index in [1.165, 1.54) is 17.9 Å². The minimum atomic E-state index is -0.639. The molecule has 0 saturated heterocycles. The van der Waals surface area contributed by atoms with Crippen molar-refractivity contribution in [1.82, 2.24) is 4.57 Å². The first-order chi connectivity index (χ1) is 13.8. The van der Waals surface area contributed by atoms with Gasteiger partial charge in [-0.1, -0.05) is 30.3 Å². The second-order valence-corrected chi connectivity index (χ2v) is 7.18. The number of rotatable bonds is 2. The zero-order valence-corrected chi connectivity index (χ0v) is 16.6. The van der Waals surface area contributed by atoms with Gasteiger partial charge >= 0.3 is 6.09 Å². The summed E-state index contributed by atoms with van der Waals surface area (Å²) in [6.07, 6.45) is 0.754. The van der Waals surface area contributed by atoms with Crippen LogP contribution < -0.4 is 4.90 Å². The summed E-state index contributed by atoms with van der Waals surface area (Å²) in [6.45, 7) is 1.64. The van der Waals surface area contributed by atoms with Gasteiger partial charge in [0.25, 0.3) is 0 Å². The number of carbonyl (C=O) groups excluding carboxylic acids is 3. The average molecular weight is 388 g/mol. The second-order valence-electron chi connectivity index (χ2n) is 7.18. The number of methoxy groups -OCH3 is 1. The number of ether oxygens (including phenoxy) is 1. The Morgan fingerprint density at radius 2 is 1.62 bits per heavy atom. The normalized spacial score (nSPS) is 12.4. The minimum absolute atomic E-state index is 0.223. The van der Waals surface area contributed by atoms with Crippen LogP contribution in [0.25, 0.3) is 11.1 Å². The van der Waals surface area contributed by atoms with Crippen LogP contribution in [0, 0.1) is 6.92 Å². The third-order valence-electron chi connectivity index (χ3n) is 5.27. The maximum absolute atomic E-state index is 13.4. The highest BCUT2D eigenvalue weighted by Crippen LogP contribution is 2.38. The number of anilines is 1. The molecule has 29 heavy (non-hydrogen) atoms. The number of aromatic nitrogens is 1. The Hall–Kier alpha value is -3.67. The third-order valence-corrected chi connectivity index (χ3v) is 5.27. The van der Waals surface area contributed by atoms with Gasteiger partial charge in [0, 0.05) is 37.2 Å². The van der Waals surface area contributed by atoms with Gasteiger partial charge in [-0.2, -0.15) is 0 Å². The lowest BCUT2D eigenvalue weighted by atomic mass is 9.82. The van der Waals surface area contributed by atoms with E-state index in [2.05, 4.69) is 0 Å². The molecular formula is C23H20N2O4. The van der Waals surface area contributed by atoms with Crippen molar-refractivity contribution in [1.29, 1.82) is 0 Å². The second kappa shape index (κ2) is 6.74. The Balaban J connectivity index is 1.99. The van der Waals surface area contributed by atoms with E-state index in [0.29, 0.717) is 22.5 Å². The summed E-state index contributed by atoms with van der Waals surface area (Å²) in [5.41, 5.74) is 4.04. The highest BCUT2D eigenvalue weighted by Gasteiger charge is 2.37. The van der Waals surface area contributed by atoms with Crippen molar-refractivity contribution >= 4 is 23.3 Å². The molecule has 0 aliphatic heterocycles. The van der Waals surface area contributed by atoms with Gasteiger partial charge in [-0.25, -0.2) is 4.79 Å². The van der Waals surface area contributed by atoms with Crippen LogP contribution >= 0.6 is 0 Å². The average Bonchev–Trinajstić information content (AvgIpc) is 3.08. The first-order valence-corrected chi connectivity index (χ1v) is 9.15. The van der Waals surface area contributed by atoms with Crippen molar-refractivity contribution in [2.24, 2.45) is 0 Å². The summed E-state index contributed by atoms with van der Waals surface area (Å²) < 4.78 is 5.98. The van der Waals surface area contributed by atoms with Crippen molar-refractivity contribution < 1.29 is 19.1 Å². The highest BCUT2D eigenvalue weighted by molar-refractivity contribution is 6.31. The molecule has 0 bridgehead atoms. The van der Waals surface area contributed by atoms with Crippen molar-refractivity contribution in [2.45, 2.75) is 6.92 Å². The molecule has 0 fully saturated rings. The van der Waals surface area contributed by atoms with E-state index in [1.807, 2.05) is 55.4 Å². The fourth-order valence-corrected chi connectivity index (χ4v) is 3.82. The first kappa shape index (κ1) is 18.7. The van der Waals surface area contributed by atoms with E-state index in [4.69, 9.17) is 4.74 Å². The summed E-state index contributed by atoms with van der Waals surface area (Å²) in [4.78, 5) is 40.7. The Labute approximate surface area is 168 Å². The summed E-state index contributed by atoms with van der Waals surface area (Å²) in [7, 11) is 4.93. The number of hydrogen-bond donors (Lipinski definition) is 0. The number of hydrogen-bond acceptors (Lipinski definition) is 5. The van der Waals surface area contributed by atoms with E-state index in [9.17, 15) is 14.4 Å². The molecule has 0 spiro atoms. The van der Waals surface area contributed by atoms with Gasteiger partial charge < -0.3 is 9.64 Å². The first-order valence-electron chi connectivity index (χ1n) is 9.15. The van der Waals surface area contributed by atoms with Gasteiger partial charge in [-0.3, -0.25) is 14.2 Å². The van der Waals surface area contributed by atoms with Gasteiger partial charge in [0.1, 0.15) is 0 Å². The van der Waals surface area contributed by atoms with Crippen LogP contribution in [0.15, 0.2) is 48.7 Å². The van der Waals surface area contributed by atoms with Crippen molar-refractivity contribution in [3.8, 4) is 11.1 Å². The standard InChI is InChI=1S/C23H20N2O4/c1-13-19-17(12-25(13)23(28)29-4)21(26)16-10-15(14-8-6-5-7-9-14)11-18(24(2)3)20(16)22(19)27/h5-12H,1-4H3. The predicted octanol–water partition coefficient (Wildman–Crippen LogP) is 3.92. The van der Waals surface area contributed by atoms with Crippen LogP contribution in [0.4, 0.5) is 10.5 Å². The van der Waals surface area contributed by atoms with Gasteiger partial charge in [0.2, 0.25) is 0 Å². The van der Waals surface area contributed by atoms with Gasteiger partial charge in [-0.05, 0) is 30.2 Å². The van der Waals surface area contributed by atoms with Crippen LogP contribution in [0.1, 0.15) is 37.5 Å². The number of fused-ring (bicyclic) bond motifs is 2. The molecule has 146 valence electrons. The van der Waals surface area contributed by atoms with E-state index < -0.39 is 6.09 Å². The molecule has 1 aromatic heterocycles. The molecule has 0 radical (unpaired) electrons. The van der Waals surface area contributed by atoms with E-state index in [0.717, 1.165) is 11.1 Å². The highest BCUT2D eigenvalue weighted by atomic mass is 16.5. The smallest absolute Gasteiger partial charge is 0.417 e.